The standard InChI is InChI=1S/C14H19N3O3.ClH/c1-16(10-13(18)17-6-8-20-9-7-17)14(19)11-4-2-3-5-12(11)15;/h2-5H,6-10,15H2,1H3;1H. The van der Waals surface area contributed by atoms with Crippen LogP contribution in [-0.2, 0) is 9.53 Å². The van der Waals surface area contributed by atoms with Crippen molar-refractivity contribution in [1.82, 2.24) is 9.80 Å². The molecule has 1 fully saturated rings. The zero-order chi connectivity index (χ0) is 14.5. The van der Waals surface area contributed by atoms with Gasteiger partial charge in [-0.3, -0.25) is 9.59 Å². The number of rotatable bonds is 3. The van der Waals surface area contributed by atoms with Crippen molar-refractivity contribution in [3.05, 3.63) is 29.8 Å². The van der Waals surface area contributed by atoms with Crippen LogP contribution < -0.4 is 5.73 Å². The highest BCUT2D eigenvalue weighted by Gasteiger charge is 2.21. The average molecular weight is 314 g/mol. The van der Waals surface area contributed by atoms with E-state index >= 15 is 0 Å². The number of nitrogens with two attached hydrogens (primary N) is 1. The third-order valence-corrected chi connectivity index (χ3v) is 3.27. The summed E-state index contributed by atoms with van der Waals surface area (Å²) in [5.41, 5.74) is 6.61. The molecule has 2 amide bonds. The molecule has 0 saturated carbocycles. The van der Waals surface area contributed by atoms with Crippen LogP contribution in [0.4, 0.5) is 5.69 Å². The third-order valence-electron chi connectivity index (χ3n) is 3.27. The number of likely N-dealkylation sites (N-methyl/N-ethyl adjacent to an activating group) is 1. The Kier molecular flexibility index (Phi) is 6.45. The number of ether oxygens (including phenoxy) is 1. The molecule has 0 aliphatic carbocycles. The number of benzene rings is 1. The molecule has 0 aromatic heterocycles. The van der Waals surface area contributed by atoms with Crippen molar-refractivity contribution in [2.75, 3.05) is 45.6 Å². The normalized spacial score (nSPS) is 14.2. The molecule has 0 radical (unpaired) electrons. The van der Waals surface area contributed by atoms with E-state index in [0.29, 0.717) is 37.6 Å². The number of nitrogen functional groups attached to an aromatic ring is 1. The van der Waals surface area contributed by atoms with Crippen LogP contribution in [0.15, 0.2) is 24.3 Å². The maximum atomic E-state index is 12.2. The SMILES string of the molecule is CN(CC(=O)N1CCOCC1)C(=O)c1ccccc1N.Cl. The Bertz CT molecular complexity index is 504. The van der Waals surface area contributed by atoms with Crippen LogP contribution >= 0.6 is 12.4 Å². The molecule has 0 spiro atoms. The fourth-order valence-electron chi connectivity index (χ4n) is 2.08. The number of carbonyl (C=O) groups excluding carboxylic acids is 2. The molecule has 116 valence electrons. The minimum Gasteiger partial charge on any atom is -0.398 e. The first-order valence-electron chi connectivity index (χ1n) is 6.55. The molecule has 1 saturated heterocycles. The first kappa shape index (κ1) is 17.3. The van der Waals surface area contributed by atoms with Gasteiger partial charge in [0.2, 0.25) is 5.91 Å². The molecule has 0 bridgehead atoms. The van der Waals surface area contributed by atoms with Gasteiger partial charge < -0.3 is 20.3 Å². The van der Waals surface area contributed by atoms with E-state index < -0.39 is 0 Å². The molecule has 7 heteroatoms. The van der Waals surface area contributed by atoms with Gasteiger partial charge in [0, 0.05) is 25.8 Å². The lowest BCUT2D eigenvalue weighted by Gasteiger charge is -2.28. The minimum absolute atomic E-state index is 0. The fourth-order valence-corrected chi connectivity index (χ4v) is 2.08. The number of hydrogen-bond donors (Lipinski definition) is 1. The van der Waals surface area contributed by atoms with Gasteiger partial charge in [-0.25, -0.2) is 0 Å². The molecule has 0 atom stereocenters. The summed E-state index contributed by atoms with van der Waals surface area (Å²) in [6.07, 6.45) is 0. The Labute approximate surface area is 130 Å². The second-order valence-corrected chi connectivity index (χ2v) is 4.74. The van der Waals surface area contributed by atoms with Gasteiger partial charge in [0.15, 0.2) is 0 Å². The molecule has 0 unspecified atom stereocenters. The maximum Gasteiger partial charge on any atom is 0.256 e. The van der Waals surface area contributed by atoms with Crippen LogP contribution in [0.5, 0.6) is 0 Å². The van der Waals surface area contributed by atoms with Crippen molar-refractivity contribution < 1.29 is 14.3 Å². The highest BCUT2D eigenvalue weighted by Crippen LogP contribution is 2.13. The lowest BCUT2D eigenvalue weighted by atomic mass is 10.1. The van der Waals surface area contributed by atoms with E-state index in [1.807, 2.05) is 0 Å². The van der Waals surface area contributed by atoms with Crippen molar-refractivity contribution in [3.8, 4) is 0 Å². The van der Waals surface area contributed by atoms with E-state index in [9.17, 15) is 9.59 Å². The number of hydrogen-bond acceptors (Lipinski definition) is 4. The van der Waals surface area contributed by atoms with Gasteiger partial charge in [-0.15, -0.1) is 12.4 Å². The molecule has 1 aromatic carbocycles. The second kappa shape index (κ2) is 7.85. The van der Waals surface area contributed by atoms with E-state index in [1.54, 1.807) is 36.2 Å². The summed E-state index contributed by atoms with van der Waals surface area (Å²) in [6.45, 7) is 2.31. The maximum absolute atomic E-state index is 12.2. The van der Waals surface area contributed by atoms with Crippen LogP contribution in [0.25, 0.3) is 0 Å². The van der Waals surface area contributed by atoms with Crippen molar-refractivity contribution in [2.45, 2.75) is 0 Å². The Balaban J connectivity index is 0.00000220. The Hall–Kier alpha value is -1.79. The fraction of sp³-hybridized carbons (Fsp3) is 0.429. The molecule has 1 aliphatic heterocycles. The summed E-state index contributed by atoms with van der Waals surface area (Å²) in [5, 5.41) is 0. The highest BCUT2D eigenvalue weighted by molar-refractivity contribution is 6.00. The lowest BCUT2D eigenvalue weighted by Crippen LogP contribution is -2.46. The molecule has 2 N–H and O–H groups in total. The van der Waals surface area contributed by atoms with Crippen LogP contribution in [0.3, 0.4) is 0 Å². The largest absolute Gasteiger partial charge is 0.398 e. The van der Waals surface area contributed by atoms with E-state index in [2.05, 4.69) is 0 Å². The molecule has 1 aliphatic rings. The molecule has 21 heavy (non-hydrogen) atoms. The van der Waals surface area contributed by atoms with E-state index in [-0.39, 0.29) is 30.8 Å². The quantitative estimate of drug-likeness (QED) is 0.830. The topological polar surface area (TPSA) is 75.9 Å². The van der Waals surface area contributed by atoms with E-state index in [0.717, 1.165) is 0 Å². The van der Waals surface area contributed by atoms with Crippen molar-refractivity contribution in [3.63, 3.8) is 0 Å². The number of halogens is 1. The molecule has 6 nitrogen and oxygen atoms in total. The van der Waals surface area contributed by atoms with Gasteiger partial charge in [0.1, 0.15) is 0 Å². The summed E-state index contributed by atoms with van der Waals surface area (Å²) in [4.78, 5) is 27.4. The second-order valence-electron chi connectivity index (χ2n) is 4.74. The smallest absolute Gasteiger partial charge is 0.256 e. The van der Waals surface area contributed by atoms with Gasteiger partial charge in [-0.05, 0) is 12.1 Å². The summed E-state index contributed by atoms with van der Waals surface area (Å²) in [7, 11) is 1.60. The van der Waals surface area contributed by atoms with Gasteiger partial charge in [0.25, 0.3) is 5.91 Å². The van der Waals surface area contributed by atoms with Gasteiger partial charge >= 0.3 is 0 Å². The Morgan fingerprint density at radius 2 is 1.90 bits per heavy atom. The van der Waals surface area contributed by atoms with Crippen LogP contribution in [0, 0.1) is 0 Å². The summed E-state index contributed by atoms with van der Waals surface area (Å²) in [5.74, 6) is -0.316. The third kappa shape index (κ3) is 4.34. The minimum atomic E-state index is -0.246. The first-order valence-corrected chi connectivity index (χ1v) is 6.55. The number of para-hydroxylation sites is 1. The van der Waals surface area contributed by atoms with Crippen LogP contribution in [0.2, 0.25) is 0 Å². The molecule has 2 rings (SSSR count). The Morgan fingerprint density at radius 1 is 1.29 bits per heavy atom. The summed E-state index contributed by atoms with van der Waals surface area (Å²) in [6, 6.07) is 6.85. The number of nitrogens with zero attached hydrogens (tertiary/aromatic N) is 2. The van der Waals surface area contributed by atoms with Crippen LogP contribution in [0.1, 0.15) is 10.4 Å². The van der Waals surface area contributed by atoms with Gasteiger partial charge in [-0.2, -0.15) is 0 Å². The molecular formula is C14H20ClN3O3. The van der Waals surface area contributed by atoms with Crippen molar-refractivity contribution in [1.29, 1.82) is 0 Å². The van der Waals surface area contributed by atoms with E-state index in [1.165, 1.54) is 4.90 Å². The van der Waals surface area contributed by atoms with Crippen molar-refractivity contribution >= 4 is 29.9 Å². The summed E-state index contributed by atoms with van der Waals surface area (Å²) >= 11 is 0. The summed E-state index contributed by atoms with van der Waals surface area (Å²) < 4.78 is 5.20. The lowest BCUT2D eigenvalue weighted by molar-refractivity contribution is -0.135. The monoisotopic (exact) mass is 313 g/mol. The molecular weight excluding hydrogens is 294 g/mol. The van der Waals surface area contributed by atoms with Gasteiger partial charge in [-0.1, -0.05) is 12.1 Å². The number of carbonyl (C=O) groups is 2. The predicted molar refractivity (Wildman–Crippen MR) is 82.5 cm³/mol. The zero-order valence-electron chi connectivity index (χ0n) is 11.9. The highest BCUT2D eigenvalue weighted by atomic mass is 35.5. The number of morpholine rings is 1. The number of anilines is 1. The zero-order valence-corrected chi connectivity index (χ0v) is 12.8. The van der Waals surface area contributed by atoms with E-state index in [4.69, 9.17) is 10.5 Å². The Morgan fingerprint density at radius 3 is 2.52 bits per heavy atom. The number of amides is 2. The van der Waals surface area contributed by atoms with Crippen molar-refractivity contribution in [2.24, 2.45) is 0 Å². The predicted octanol–water partition coefficient (Wildman–Crippen LogP) is 0.621. The van der Waals surface area contributed by atoms with Crippen LogP contribution in [-0.4, -0.2) is 61.5 Å². The average Bonchev–Trinajstić information content (AvgIpc) is 2.48. The molecule has 1 heterocycles. The van der Waals surface area contributed by atoms with Gasteiger partial charge in [0.05, 0.1) is 25.3 Å². The first-order chi connectivity index (χ1) is 9.59. The molecule has 1 aromatic rings.